The van der Waals surface area contributed by atoms with E-state index in [1.807, 2.05) is 51.4 Å². The molecule has 5 fully saturated rings. The molecule has 83 heavy (non-hydrogen) atoms. The van der Waals surface area contributed by atoms with Crippen LogP contribution in [0, 0.1) is 36.8 Å². The SMILES string of the molecule is C#Cc1c(F)ccc2cc(O)cc(-c3ncc4c(N5CC6CCC(C5)N6)nc(OCCN5CCC(F)(CN6CCN(c7cc([C@H](C(=O)N8CCC[C@H]8C(=O)N[C@@H](C)c8ccc(-c9scnc9C)cc8)C(C)C)on7)CC6)CC5)nc4c3F)c12. The first-order valence-electron chi connectivity index (χ1n) is 29.0. The molecule has 0 spiro atoms. The molecule has 17 nitrogen and oxygen atoms in total. The van der Waals surface area contributed by atoms with Crippen molar-refractivity contribution < 1.29 is 37.1 Å². The van der Waals surface area contributed by atoms with Gasteiger partial charge in [0.25, 0.3) is 0 Å². The largest absolute Gasteiger partial charge is 0.508 e. The van der Waals surface area contributed by atoms with Gasteiger partial charge in [0.15, 0.2) is 17.4 Å². The van der Waals surface area contributed by atoms with Crippen LogP contribution in [0.1, 0.15) is 93.8 Å². The molecule has 21 heteroatoms. The smallest absolute Gasteiger partial charge is 0.319 e. The number of anilines is 2. The van der Waals surface area contributed by atoms with Gasteiger partial charge in [-0.2, -0.15) is 9.97 Å². The molecule has 7 aromatic rings. The summed E-state index contributed by atoms with van der Waals surface area (Å²) in [6.07, 6.45) is 11.3. The fourth-order valence-corrected chi connectivity index (χ4v) is 13.9. The van der Waals surface area contributed by atoms with E-state index in [2.05, 4.69) is 68.4 Å². The number of hydrogen-bond donors (Lipinski definition) is 3. The van der Waals surface area contributed by atoms with Crippen LogP contribution in [0.5, 0.6) is 11.8 Å². The van der Waals surface area contributed by atoms with Crippen LogP contribution >= 0.6 is 11.3 Å². The van der Waals surface area contributed by atoms with Crippen molar-refractivity contribution in [2.75, 3.05) is 88.4 Å². The van der Waals surface area contributed by atoms with Crippen molar-refractivity contribution in [1.29, 1.82) is 0 Å². The summed E-state index contributed by atoms with van der Waals surface area (Å²) >= 11 is 1.60. The van der Waals surface area contributed by atoms with Crippen LogP contribution < -0.4 is 25.2 Å². The summed E-state index contributed by atoms with van der Waals surface area (Å²) in [4.78, 5) is 58.0. The molecule has 9 heterocycles. The summed E-state index contributed by atoms with van der Waals surface area (Å²) < 4.78 is 61.0. The lowest BCUT2D eigenvalue weighted by molar-refractivity contribution is -0.141. The molecule has 3 aromatic carbocycles. The van der Waals surface area contributed by atoms with Crippen LogP contribution in [0.3, 0.4) is 0 Å². The molecular formula is C62H69F3N12O5S. The Labute approximate surface area is 484 Å². The minimum atomic E-state index is -1.38. The number of carbonyl (C=O) groups is 2. The molecule has 5 saturated heterocycles. The van der Waals surface area contributed by atoms with E-state index < -0.39 is 29.3 Å². The number of hydrogen-bond acceptors (Lipinski definition) is 16. The topological polar surface area (TPSA) is 181 Å². The molecule has 12 rings (SSSR count). The molecule has 3 N–H and O–H groups in total. The Morgan fingerprint density at radius 3 is 2.41 bits per heavy atom. The van der Waals surface area contributed by atoms with E-state index in [9.17, 15) is 14.7 Å². The van der Waals surface area contributed by atoms with Crippen molar-refractivity contribution in [1.82, 2.24) is 50.4 Å². The molecular weight excluding hydrogens is 1080 g/mol. The molecule has 4 aromatic heterocycles. The first-order chi connectivity index (χ1) is 40.1. The number of thiazole rings is 1. The van der Waals surface area contributed by atoms with E-state index in [0.29, 0.717) is 119 Å². The number of piperidine rings is 1. The van der Waals surface area contributed by atoms with Gasteiger partial charge in [-0.3, -0.25) is 24.4 Å². The maximum Gasteiger partial charge on any atom is 0.319 e. The van der Waals surface area contributed by atoms with E-state index in [-0.39, 0.29) is 81.9 Å². The second-order valence-corrected chi connectivity index (χ2v) is 24.3. The van der Waals surface area contributed by atoms with E-state index >= 15 is 13.2 Å². The number of nitrogens with one attached hydrogen (secondary N) is 2. The number of carbonyl (C=O) groups excluding carboxylic acids is 2. The maximum atomic E-state index is 17.1. The molecule has 5 aliphatic rings. The van der Waals surface area contributed by atoms with Crippen LogP contribution in [0.2, 0.25) is 0 Å². The third-order valence-corrected chi connectivity index (χ3v) is 18.6. The molecule has 2 amide bonds. The number of aryl methyl sites for hydroxylation is 1. The molecule has 434 valence electrons. The van der Waals surface area contributed by atoms with Gasteiger partial charge in [-0.1, -0.05) is 55.3 Å². The first-order valence-corrected chi connectivity index (χ1v) is 29.9. The Balaban J connectivity index is 0.643. The first kappa shape index (κ1) is 56.1. The summed E-state index contributed by atoms with van der Waals surface area (Å²) in [6.45, 7) is 14.2. The lowest BCUT2D eigenvalue weighted by atomic mass is 9.91. The third kappa shape index (κ3) is 11.4. The van der Waals surface area contributed by atoms with E-state index in [4.69, 9.17) is 20.7 Å². The summed E-state index contributed by atoms with van der Waals surface area (Å²) in [7, 11) is 0. The molecule has 5 aliphatic heterocycles. The predicted octanol–water partition coefficient (Wildman–Crippen LogP) is 8.78. The normalized spacial score (nSPS) is 21.0. The standard InChI is InChI=1S/C62H69F3N12O5S/c1-6-45-48(63)16-13-41-28-44(78)29-46(53(41)45)55-54(64)56-47(31-66-55)58(76-32-42-14-15-43(33-76)69-42)71-61(70-56)81-27-26-73-20-17-62(65,18-21-73)34-74-22-24-75(25-23-74)51-30-50(82-72-51)52(36(2)3)60(80)77-19-7-8-49(77)59(79)68-37(4)39-9-11-40(12-10-39)57-38(5)67-35-83-57/h1,9-13,16,28-31,35-37,42-43,49,52,69,78H,7-8,14-15,17-27,32-34H2,2-5H3,(H,68,79)/t37-,42?,43?,49-,52+/m0/s1. The Bertz CT molecular complexity index is 3580. The Kier molecular flexibility index (Phi) is 15.8. The van der Waals surface area contributed by atoms with Crippen LogP contribution in [0.25, 0.3) is 43.4 Å². The van der Waals surface area contributed by atoms with Crippen LogP contribution in [0.4, 0.5) is 24.8 Å². The number of phenols is 1. The van der Waals surface area contributed by atoms with Gasteiger partial charge < -0.3 is 39.7 Å². The number of piperazine rings is 2. The van der Waals surface area contributed by atoms with Crippen molar-refractivity contribution in [2.24, 2.45) is 5.92 Å². The number of benzene rings is 3. The average Bonchev–Trinajstić information content (AvgIpc) is 4.20. The summed E-state index contributed by atoms with van der Waals surface area (Å²) in [6, 6.07) is 15.1. The van der Waals surface area contributed by atoms with Crippen LogP contribution in [0.15, 0.2) is 70.8 Å². The van der Waals surface area contributed by atoms with Gasteiger partial charge >= 0.3 is 6.01 Å². The van der Waals surface area contributed by atoms with Crippen LogP contribution in [-0.4, -0.2) is 159 Å². The molecule has 2 bridgehead atoms. The quantitative estimate of drug-likeness (QED) is 0.0781. The number of halogens is 3. The highest BCUT2D eigenvalue weighted by Crippen LogP contribution is 2.40. The van der Waals surface area contributed by atoms with E-state index in [1.165, 1.54) is 30.5 Å². The monoisotopic (exact) mass is 1150 g/mol. The van der Waals surface area contributed by atoms with Crippen molar-refractivity contribution in [3.63, 3.8) is 0 Å². The van der Waals surface area contributed by atoms with Gasteiger partial charge in [-0.05, 0) is 93.0 Å². The van der Waals surface area contributed by atoms with Gasteiger partial charge in [-0.15, -0.1) is 17.8 Å². The van der Waals surface area contributed by atoms with Crippen molar-refractivity contribution in [3.05, 3.63) is 101 Å². The van der Waals surface area contributed by atoms with Gasteiger partial charge in [0, 0.05) is 107 Å². The minimum absolute atomic E-state index is 0.0133. The number of pyridine rings is 1. The van der Waals surface area contributed by atoms with Crippen molar-refractivity contribution in [3.8, 4) is 45.8 Å². The van der Waals surface area contributed by atoms with Gasteiger partial charge in [-0.25, -0.2) is 18.2 Å². The van der Waals surface area contributed by atoms with Gasteiger partial charge in [0.1, 0.15) is 52.8 Å². The summed E-state index contributed by atoms with van der Waals surface area (Å²) in [5, 5.41) is 23.0. The second kappa shape index (κ2) is 23.3. The number of ether oxygens (including phenoxy) is 1. The summed E-state index contributed by atoms with van der Waals surface area (Å²) in [5.41, 5.74) is 3.38. The van der Waals surface area contributed by atoms with Gasteiger partial charge in [0.05, 0.1) is 33.1 Å². The third-order valence-electron chi connectivity index (χ3n) is 17.6. The number of terminal acetylenes is 1. The number of alkyl halides is 1. The Hall–Kier alpha value is -7.38. The number of phenolic OH excluding ortho intramolecular Hbond substituents is 1. The average molecular weight is 1150 g/mol. The Morgan fingerprint density at radius 2 is 1.70 bits per heavy atom. The number of likely N-dealkylation sites (tertiary alicyclic amines) is 2. The van der Waals surface area contributed by atoms with E-state index in [1.54, 1.807) is 16.2 Å². The molecule has 5 atom stereocenters. The number of fused-ring (bicyclic) bond motifs is 4. The number of rotatable bonds is 16. The van der Waals surface area contributed by atoms with Gasteiger partial charge in [0.2, 0.25) is 11.8 Å². The highest BCUT2D eigenvalue weighted by atomic mass is 32.1. The lowest BCUT2D eigenvalue weighted by Gasteiger charge is -2.41. The second-order valence-electron chi connectivity index (χ2n) is 23.4. The fourth-order valence-electron chi connectivity index (χ4n) is 13.1. The number of aromatic nitrogens is 5. The minimum Gasteiger partial charge on any atom is -0.508 e. The maximum absolute atomic E-state index is 17.1. The number of amides is 2. The zero-order chi connectivity index (χ0) is 57.7. The molecule has 0 aliphatic carbocycles. The number of nitrogens with zero attached hydrogens (tertiary/aromatic N) is 10. The Morgan fingerprint density at radius 1 is 0.940 bits per heavy atom. The predicted molar refractivity (Wildman–Crippen MR) is 313 cm³/mol. The molecule has 2 unspecified atom stereocenters. The highest BCUT2D eigenvalue weighted by Gasteiger charge is 2.42. The number of aromatic hydroxyl groups is 1. The van der Waals surface area contributed by atoms with E-state index in [0.717, 1.165) is 41.0 Å². The highest BCUT2D eigenvalue weighted by molar-refractivity contribution is 7.13. The fraction of sp³-hybridized carbons (Fsp3) is 0.468. The molecule has 0 radical (unpaired) electrons. The van der Waals surface area contributed by atoms with Crippen molar-refractivity contribution >= 4 is 56.5 Å². The lowest BCUT2D eigenvalue weighted by Crippen LogP contribution is -2.53. The zero-order valence-corrected chi connectivity index (χ0v) is 48.0. The van der Waals surface area contributed by atoms with Crippen LogP contribution in [-0.2, 0) is 9.59 Å². The van der Waals surface area contributed by atoms with Crippen molar-refractivity contribution in [2.45, 2.75) is 102 Å². The zero-order valence-electron chi connectivity index (χ0n) is 47.2. The summed E-state index contributed by atoms with van der Waals surface area (Å²) in [5.74, 6) is 1.32. The molecule has 0 saturated carbocycles.